The second kappa shape index (κ2) is 12.4. The van der Waals surface area contributed by atoms with Crippen LogP contribution in [0.2, 0.25) is 0 Å². The van der Waals surface area contributed by atoms with Crippen molar-refractivity contribution in [1.82, 2.24) is 0 Å². The van der Waals surface area contributed by atoms with Crippen molar-refractivity contribution in [2.24, 2.45) is 5.41 Å². The predicted molar refractivity (Wildman–Crippen MR) is 151 cm³/mol. The van der Waals surface area contributed by atoms with E-state index in [0.29, 0.717) is 34.9 Å². The molecule has 40 heavy (non-hydrogen) atoms. The lowest BCUT2D eigenvalue weighted by Crippen LogP contribution is -2.44. The summed E-state index contributed by atoms with van der Waals surface area (Å²) in [6.07, 6.45) is 13.0. The number of hydrogen-bond donors (Lipinski definition) is 0. The molecule has 0 atom stereocenters. The molecule has 2 aromatic rings. The van der Waals surface area contributed by atoms with Crippen LogP contribution in [0.25, 0.3) is 0 Å². The summed E-state index contributed by atoms with van der Waals surface area (Å²) < 4.78 is 5.25. The zero-order valence-electron chi connectivity index (χ0n) is 23.6. The highest BCUT2D eigenvalue weighted by atomic mass is 16.5. The van der Waals surface area contributed by atoms with Crippen LogP contribution >= 0.6 is 0 Å². The molecule has 6 heteroatoms. The number of nitriles is 4. The van der Waals surface area contributed by atoms with Gasteiger partial charge in [0.1, 0.15) is 35.6 Å². The lowest BCUT2D eigenvalue weighted by atomic mass is 9.50. The van der Waals surface area contributed by atoms with E-state index < -0.39 is 5.97 Å². The number of hydrogen-bond acceptors (Lipinski definition) is 6. The number of carbonyl (C=O) groups is 1. The van der Waals surface area contributed by atoms with Crippen LogP contribution in [0.4, 0.5) is 0 Å². The van der Waals surface area contributed by atoms with Gasteiger partial charge in [-0.15, -0.1) is 0 Å². The number of nitrogens with zero attached hydrogens (tertiary/aromatic N) is 4. The summed E-state index contributed by atoms with van der Waals surface area (Å²) in [7, 11) is 0. The van der Waals surface area contributed by atoms with Gasteiger partial charge in [-0.25, -0.2) is 0 Å². The summed E-state index contributed by atoms with van der Waals surface area (Å²) in [5.74, 6) is -0.398. The summed E-state index contributed by atoms with van der Waals surface area (Å²) in [5.41, 5.74) is 4.01. The molecule has 0 unspecified atom stereocenters. The van der Waals surface area contributed by atoms with Gasteiger partial charge in [-0.1, -0.05) is 51.3 Å². The standard InChI is InChI=1S/C34H36N4O2/c1-3-5-6-13-33-14-17-34(18-15-33,19-16-33)30-11-9-24(26(20-35)28(30)22-37)7-8-25-10-12-31(40-32(39)4-2)29(23-38)27(25)21-36/h9-12H,3-8,13-19H2,1-2H3. The summed E-state index contributed by atoms with van der Waals surface area (Å²) in [6.45, 7) is 3.91. The molecule has 0 N–H and O–H groups in total. The molecule has 5 rings (SSSR count). The fourth-order valence-corrected chi connectivity index (χ4v) is 6.96. The zero-order valence-corrected chi connectivity index (χ0v) is 23.6. The number of unbranched alkanes of at least 4 members (excludes halogenated alkanes) is 2. The number of ether oxygens (including phenoxy) is 1. The van der Waals surface area contributed by atoms with E-state index in [4.69, 9.17) is 4.74 Å². The molecule has 0 amide bonds. The van der Waals surface area contributed by atoms with Gasteiger partial charge in [-0.05, 0) is 91.4 Å². The Morgan fingerprint density at radius 2 is 1.30 bits per heavy atom. The molecule has 0 aliphatic heterocycles. The van der Waals surface area contributed by atoms with E-state index in [1.807, 2.05) is 12.1 Å². The molecule has 0 aromatic heterocycles. The number of fused-ring (bicyclic) bond motifs is 3. The Balaban J connectivity index is 1.58. The first-order chi connectivity index (χ1) is 19.4. The monoisotopic (exact) mass is 532 g/mol. The summed E-state index contributed by atoms with van der Waals surface area (Å²) in [6, 6.07) is 16.1. The average Bonchev–Trinajstić information content (AvgIpc) is 3.00. The molecule has 2 bridgehead atoms. The first-order valence-corrected chi connectivity index (χ1v) is 14.5. The van der Waals surface area contributed by atoms with Crippen molar-refractivity contribution in [3.05, 3.63) is 63.2 Å². The first-order valence-electron chi connectivity index (χ1n) is 14.5. The summed E-state index contributed by atoms with van der Waals surface area (Å²) in [5, 5.41) is 39.9. The van der Waals surface area contributed by atoms with E-state index in [-0.39, 0.29) is 28.7 Å². The van der Waals surface area contributed by atoms with Gasteiger partial charge < -0.3 is 4.74 Å². The van der Waals surface area contributed by atoms with Crippen molar-refractivity contribution < 1.29 is 9.53 Å². The Hall–Kier alpha value is -4.13. The second-order valence-corrected chi connectivity index (χ2v) is 11.5. The van der Waals surface area contributed by atoms with Gasteiger partial charge in [0, 0.05) is 6.42 Å². The maximum atomic E-state index is 11.8. The van der Waals surface area contributed by atoms with Crippen LogP contribution in [0.15, 0.2) is 24.3 Å². The van der Waals surface area contributed by atoms with Crippen molar-refractivity contribution >= 4 is 5.97 Å². The quantitative estimate of drug-likeness (QED) is 0.178. The van der Waals surface area contributed by atoms with Gasteiger partial charge >= 0.3 is 5.97 Å². The minimum Gasteiger partial charge on any atom is -0.425 e. The largest absolute Gasteiger partial charge is 0.425 e. The van der Waals surface area contributed by atoms with E-state index in [2.05, 4.69) is 31.2 Å². The van der Waals surface area contributed by atoms with Gasteiger partial charge in [-0.2, -0.15) is 21.0 Å². The summed E-state index contributed by atoms with van der Waals surface area (Å²) in [4.78, 5) is 11.8. The van der Waals surface area contributed by atoms with Crippen molar-refractivity contribution in [2.75, 3.05) is 0 Å². The van der Waals surface area contributed by atoms with E-state index in [9.17, 15) is 25.8 Å². The topological polar surface area (TPSA) is 121 Å². The fourth-order valence-electron chi connectivity index (χ4n) is 6.96. The van der Waals surface area contributed by atoms with Crippen LogP contribution in [-0.2, 0) is 23.1 Å². The molecule has 2 aromatic carbocycles. The van der Waals surface area contributed by atoms with Crippen LogP contribution < -0.4 is 4.74 Å². The molecule has 0 saturated heterocycles. The molecule has 0 radical (unpaired) electrons. The van der Waals surface area contributed by atoms with Crippen LogP contribution in [-0.4, -0.2) is 5.97 Å². The van der Waals surface area contributed by atoms with Crippen molar-refractivity contribution in [2.45, 2.75) is 103 Å². The van der Waals surface area contributed by atoms with Gasteiger partial charge in [0.2, 0.25) is 0 Å². The Labute approximate surface area is 237 Å². The minimum atomic E-state index is -0.478. The Morgan fingerprint density at radius 3 is 1.82 bits per heavy atom. The number of aryl methyl sites for hydroxylation is 2. The lowest BCUT2D eigenvalue weighted by Gasteiger charge is -2.54. The second-order valence-electron chi connectivity index (χ2n) is 11.5. The molecule has 3 fully saturated rings. The van der Waals surface area contributed by atoms with Gasteiger partial charge in [0.15, 0.2) is 0 Å². The molecule has 204 valence electrons. The van der Waals surface area contributed by atoms with Crippen molar-refractivity contribution in [1.29, 1.82) is 21.0 Å². The minimum absolute atomic E-state index is 0.0247. The Morgan fingerprint density at radius 1 is 0.750 bits per heavy atom. The highest BCUT2D eigenvalue weighted by Gasteiger charge is 2.49. The molecule has 0 heterocycles. The number of carbonyl (C=O) groups excluding carboxylic acids is 1. The molecule has 3 aliphatic carbocycles. The highest BCUT2D eigenvalue weighted by Crippen LogP contribution is 2.60. The molecular formula is C34H36N4O2. The van der Waals surface area contributed by atoms with E-state index in [0.717, 1.165) is 30.4 Å². The van der Waals surface area contributed by atoms with Gasteiger partial charge in [0.05, 0.1) is 16.7 Å². The van der Waals surface area contributed by atoms with Gasteiger partial charge in [-0.3, -0.25) is 4.79 Å². The predicted octanol–water partition coefficient (Wildman–Crippen LogP) is 7.45. The maximum Gasteiger partial charge on any atom is 0.310 e. The van der Waals surface area contributed by atoms with E-state index >= 15 is 0 Å². The smallest absolute Gasteiger partial charge is 0.310 e. The average molecular weight is 533 g/mol. The van der Waals surface area contributed by atoms with E-state index in [1.54, 1.807) is 19.1 Å². The molecular weight excluding hydrogens is 496 g/mol. The third-order valence-corrected chi connectivity index (χ3v) is 9.45. The fraction of sp³-hybridized carbons (Fsp3) is 0.500. The third kappa shape index (κ3) is 5.46. The van der Waals surface area contributed by atoms with Crippen molar-refractivity contribution in [3.63, 3.8) is 0 Å². The maximum absolute atomic E-state index is 11.8. The lowest BCUT2D eigenvalue weighted by molar-refractivity contribution is -0.134. The number of benzene rings is 2. The van der Waals surface area contributed by atoms with Gasteiger partial charge in [0.25, 0.3) is 0 Å². The Bertz CT molecular complexity index is 1440. The van der Waals surface area contributed by atoms with Crippen LogP contribution in [0.1, 0.15) is 123 Å². The highest BCUT2D eigenvalue weighted by molar-refractivity contribution is 5.74. The number of rotatable bonds is 10. The van der Waals surface area contributed by atoms with E-state index in [1.165, 1.54) is 44.9 Å². The molecule has 0 spiro atoms. The van der Waals surface area contributed by atoms with Crippen LogP contribution in [0.5, 0.6) is 5.75 Å². The molecule has 3 saturated carbocycles. The number of esters is 1. The third-order valence-electron chi connectivity index (χ3n) is 9.45. The summed E-state index contributed by atoms with van der Waals surface area (Å²) >= 11 is 0. The van der Waals surface area contributed by atoms with Crippen LogP contribution in [0, 0.1) is 50.7 Å². The Kier molecular flexibility index (Phi) is 8.93. The normalized spacial score (nSPS) is 21.1. The molecule has 6 nitrogen and oxygen atoms in total. The SMILES string of the molecule is CCCCCC12CCC(c3ccc(CCc4ccc(OC(=O)CC)c(C#N)c4C#N)c(C#N)c3C#N)(CC1)CC2. The van der Waals surface area contributed by atoms with Crippen molar-refractivity contribution in [3.8, 4) is 30.0 Å². The first kappa shape index (κ1) is 28.9. The zero-order chi connectivity index (χ0) is 28.8. The van der Waals surface area contributed by atoms with Crippen LogP contribution in [0.3, 0.4) is 0 Å². The molecule has 3 aliphatic rings.